The number of aliphatic hydroxyl groups excluding tert-OH is 1. The van der Waals surface area contributed by atoms with Crippen LogP contribution in [0.15, 0.2) is 48.5 Å². The second-order valence-corrected chi connectivity index (χ2v) is 10.1. The van der Waals surface area contributed by atoms with Gasteiger partial charge in [0.1, 0.15) is 23.7 Å². The summed E-state index contributed by atoms with van der Waals surface area (Å²) < 4.78 is 98.2. The van der Waals surface area contributed by atoms with Crippen molar-refractivity contribution in [1.82, 2.24) is 0 Å². The number of aliphatic hydroxyl groups is 1. The molecular formula is C22H24O16S2. The van der Waals surface area contributed by atoms with Crippen molar-refractivity contribution < 1.29 is 72.7 Å². The van der Waals surface area contributed by atoms with Gasteiger partial charge >= 0.3 is 32.7 Å². The number of hydrogen-bond acceptors (Lipinski definition) is 14. The summed E-state index contributed by atoms with van der Waals surface area (Å²) in [4.78, 5) is 25.8. The molecule has 18 heteroatoms. The van der Waals surface area contributed by atoms with E-state index in [9.17, 15) is 36.1 Å². The maximum Gasteiger partial charge on any atom is 0.397 e. The van der Waals surface area contributed by atoms with Crippen LogP contribution in [-0.2, 0) is 43.4 Å². The van der Waals surface area contributed by atoms with Crippen molar-refractivity contribution in [3.05, 3.63) is 59.7 Å². The van der Waals surface area contributed by atoms with E-state index in [0.29, 0.717) is 11.5 Å². The molecule has 1 fully saturated rings. The third-order valence-corrected chi connectivity index (χ3v) is 6.26. The molecule has 1 aliphatic heterocycles. The highest BCUT2D eigenvalue weighted by Gasteiger charge is 2.53. The van der Waals surface area contributed by atoms with Gasteiger partial charge in [-0.05, 0) is 48.5 Å². The third kappa shape index (κ3) is 8.57. The minimum absolute atomic E-state index is 0.0719. The van der Waals surface area contributed by atoms with Crippen molar-refractivity contribution in [2.45, 2.75) is 30.7 Å². The van der Waals surface area contributed by atoms with E-state index in [-0.39, 0.29) is 11.1 Å². The van der Waals surface area contributed by atoms with E-state index in [2.05, 4.69) is 8.37 Å². The Morgan fingerprint density at radius 1 is 0.750 bits per heavy atom. The Labute approximate surface area is 228 Å². The maximum atomic E-state index is 13.0. The molecule has 0 bridgehead atoms. The van der Waals surface area contributed by atoms with Gasteiger partial charge < -0.3 is 28.8 Å². The monoisotopic (exact) mass is 608 g/mol. The van der Waals surface area contributed by atoms with Crippen LogP contribution in [0.4, 0.5) is 0 Å². The topological polar surface area (TPSA) is 228 Å². The molecule has 1 heterocycles. The van der Waals surface area contributed by atoms with Crippen LogP contribution in [-0.4, -0.2) is 94.5 Å². The molecule has 0 saturated carbocycles. The smallest absolute Gasteiger partial charge is 0.397 e. The predicted octanol–water partition coefficient (Wildman–Crippen LogP) is 0.179. The van der Waals surface area contributed by atoms with Crippen molar-refractivity contribution in [3.8, 4) is 11.5 Å². The molecule has 5 atom stereocenters. The minimum atomic E-state index is -5.37. The molecule has 0 radical (unpaired) electrons. The van der Waals surface area contributed by atoms with E-state index in [4.69, 9.17) is 28.2 Å². The number of methoxy groups -OCH3 is 2. The lowest BCUT2D eigenvalue weighted by atomic mass is 9.98. The zero-order chi connectivity index (χ0) is 29.7. The molecule has 220 valence electrons. The Bertz CT molecular complexity index is 1390. The average molecular weight is 609 g/mol. The van der Waals surface area contributed by atoms with Crippen LogP contribution in [0, 0.1) is 0 Å². The first kappa shape index (κ1) is 31.2. The molecule has 0 aromatic heterocycles. The van der Waals surface area contributed by atoms with Crippen LogP contribution in [0.1, 0.15) is 20.7 Å². The standard InChI is InChI=1S/C22H24O16S2/c1-32-14-7-3-12(4-8-14)20(23)36-18-17(38-40(29,30)31)16(11-34-39(26,27)28)35-22(25)19(18)37-21(24)13-5-9-15(33-2)10-6-13/h3-10,16-19,22,25H,11H2,1-2H3,(H,26,27,28)(H,29,30,31)/t16-,17-,18+,19-,22-/m1/s1. The Morgan fingerprint density at radius 2 is 1.20 bits per heavy atom. The lowest BCUT2D eigenvalue weighted by Crippen LogP contribution is -2.62. The molecule has 3 rings (SSSR count). The number of ether oxygens (including phenoxy) is 5. The van der Waals surface area contributed by atoms with Gasteiger partial charge in [0.25, 0.3) is 0 Å². The fourth-order valence-corrected chi connectivity index (χ4v) is 4.36. The molecule has 1 saturated heterocycles. The Morgan fingerprint density at radius 3 is 1.60 bits per heavy atom. The third-order valence-electron chi connectivity index (χ3n) is 5.36. The van der Waals surface area contributed by atoms with E-state index in [1.54, 1.807) is 0 Å². The number of rotatable bonds is 11. The molecule has 0 amide bonds. The second-order valence-electron chi connectivity index (χ2n) is 7.96. The summed E-state index contributed by atoms with van der Waals surface area (Å²) in [6, 6.07) is 10.8. The van der Waals surface area contributed by atoms with Gasteiger partial charge in [0, 0.05) is 0 Å². The average Bonchev–Trinajstić information content (AvgIpc) is 2.89. The van der Waals surface area contributed by atoms with E-state index in [1.807, 2.05) is 0 Å². The van der Waals surface area contributed by atoms with Crippen molar-refractivity contribution in [3.63, 3.8) is 0 Å². The van der Waals surface area contributed by atoms with Gasteiger partial charge in [-0.2, -0.15) is 16.8 Å². The normalized spacial score (nSPS) is 23.2. The number of benzene rings is 2. The van der Waals surface area contributed by atoms with E-state index in [0.717, 1.165) is 0 Å². The summed E-state index contributed by atoms with van der Waals surface area (Å²) in [5, 5.41) is 10.6. The molecule has 0 unspecified atom stereocenters. The largest absolute Gasteiger partial charge is 0.497 e. The summed E-state index contributed by atoms with van der Waals surface area (Å²) in [5.41, 5.74) is -0.185. The molecule has 3 N–H and O–H groups in total. The summed E-state index contributed by atoms with van der Waals surface area (Å²) >= 11 is 0. The molecule has 1 aliphatic rings. The minimum Gasteiger partial charge on any atom is -0.497 e. The number of esters is 2. The second kappa shape index (κ2) is 12.9. The lowest BCUT2D eigenvalue weighted by Gasteiger charge is -2.42. The van der Waals surface area contributed by atoms with Gasteiger partial charge in [0.05, 0.1) is 32.0 Å². The Kier molecular flexibility index (Phi) is 10.0. The van der Waals surface area contributed by atoms with Gasteiger partial charge in [-0.15, -0.1) is 0 Å². The zero-order valence-corrected chi connectivity index (χ0v) is 22.3. The summed E-state index contributed by atoms with van der Waals surface area (Å²) in [5.74, 6) is -1.48. The molecule has 0 spiro atoms. The highest BCUT2D eigenvalue weighted by molar-refractivity contribution is 7.81. The van der Waals surface area contributed by atoms with Crippen LogP contribution in [0.3, 0.4) is 0 Å². The van der Waals surface area contributed by atoms with Crippen LogP contribution >= 0.6 is 0 Å². The molecule has 2 aromatic carbocycles. The molecule has 16 nitrogen and oxygen atoms in total. The molecule has 0 aliphatic carbocycles. The number of carbonyl (C=O) groups is 2. The Hall–Kier alpha value is -3.36. The SMILES string of the molecule is COc1ccc(C(=O)O[C@@H]2[C@@H](OC(=O)c3ccc(OC)cc3)[C@H](O)O[C@H](COS(=O)(=O)O)[C@H]2OS(=O)(=O)O)cc1. The highest BCUT2D eigenvalue weighted by Crippen LogP contribution is 2.30. The van der Waals surface area contributed by atoms with Gasteiger partial charge in [-0.3, -0.25) is 9.11 Å². The fraction of sp³-hybridized carbons (Fsp3) is 0.364. The summed E-state index contributed by atoms with van der Waals surface area (Å²) in [7, 11) is -7.72. The van der Waals surface area contributed by atoms with Crippen molar-refractivity contribution in [2.75, 3.05) is 20.8 Å². The Balaban J connectivity index is 1.99. The summed E-state index contributed by atoms with van der Waals surface area (Å²) in [6.07, 6.45) is -10.3. The van der Waals surface area contributed by atoms with Crippen LogP contribution in [0.25, 0.3) is 0 Å². The van der Waals surface area contributed by atoms with Crippen molar-refractivity contribution in [2.24, 2.45) is 0 Å². The zero-order valence-electron chi connectivity index (χ0n) is 20.7. The van der Waals surface area contributed by atoms with Gasteiger partial charge in [-0.1, -0.05) is 0 Å². The summed E-state index contributed by atoms with van der Waals surface area (Å²) in [6.45, 7) is -1.19. The van der Waals surface area contributed by atoms with Gasteiger partial charge in [0.2, 0.25) is 0 Å². The lowest BCUT2D eigenvalue weighted by molar-refractivity contribution is -0.279. The first-order valence-corrected chi connectivity index (χ1v) is 13.7. The first-order chi connectivity index (χ1) is 18.7. The van der Waals surface area contributed by atoms with Crippen LogP contribution < -0.4 is 9.47 Å². The van der Waals surface area contributed by atoms with Crippen LogP contribution in [0.5, 0.6) is 11.5 Å². The highest BCUT2D eigenvalue weighted by atomic mass is 32.3. The van der Waals surface area contributed by atoms with E-state index >= 15 is 0 Å². The maximum absolute atomic E-state index is 13.0. The number of hydrogen-bond donors (Lipinski definition) is 3. The van der Waals surface area contributed by atoms with Gasteiger partial charge in [0.15, 0.2) is 18.5 Å². The molecule has 40 heavy (non-hydrogen) atoms. The first-order valence-electron chi connectivity index (χ1n) is 11.0. The van der Waals surface area contributed by atoms with Crippen molar-refractivity contribution in [1.29, 1.82) is 0 Å². The number of carbonyl (C=O) groups excluding carboxylic acids is 2. The van der Waals surface area contributed by atoms with Crippen LogP contribution in [0.2, 0.25) is 0 Å². The predicted molar refractivity (Wildman–Crippen MR) is 129 cm³/mol. The van der Waals surface area contributed by atoms with E-state index in [1.165, 1.54) is 62.8 Å². The quantitative estimate of drug-likeness (QED) is 0.228. The molecule has 2 aromatic rings. The van der Waals surface area contributed by atoms with Crippen molar-refractivity contribution >= 4 is 32.7 Å². The van der Waals surface area contributed by atoms with E-state index < -0.39 is 70.0 Å². The molecular weight excluding hydrogens is 584 g/mol. The fourth-order valence-electron chi connectivity index (χ4n) is 3.54. The van der Waals surface area contributed by atoms with Gasteiger partial charge in [-0.25, -0.2) is 18.0 Å².